The van der Waals surface area contributed by atoms with Gasteiger partial charge in [-0.3, -0.25) is 19.8 Å². The zero-order chi connectivity index (χ0) is 12.5. The molecule has 1 aliphatic heterocycles. The molecule has 1 N–H and O–H groups in total. The number of rotatable bonds is 3. The molecule has 0 saturated carbocycles. The summed E-state index contributed by atoms with van der Waals surface area (Å²) in [6, 6.07) is -0.923. The molecule has 0 spiro atoms. The summed E-state index contributed by atoms with van der Waals surface area (Å²) in [5.41, 5.74) is 0. The molecule has 88 valence electrons. The predicted octanol–water partition coefficient (Wildman–Crippen LogP) is 1.39. The van der Waals surface area contributed by atoms with Gasteiger partial charge in [-0.25, -0.2) is 4.79 Å². The normalized spacial score (nSPS) is 21.4. The van der Waals surface area contributed by atoms with Gasteiger partial charge in [-0.05, 0) is 24.8 Å². The number of nitrogens with one attached hydrogen (secondary N) is 1. The molecule has 16 heavy (non-hydrogen) atoms. The van der Waals surface area contributed by atoms with Crippen LogP contribution in [0.4, 0.5) is 4.79 Å². The van der Waals surface area contributed by atoms with E-state index < -0.39 is 23.8 Å². The third-order valence-corrected chi connectivity index (χ3v) is 2.57. The minimum Gasteiger partial charge on any atom is -0.277 e. The molecule has 0 aromatic carbocycles. The van der Waals surface area contributed by atoms with Gasteiger partial charge in [0.1, 0.15) is 5.92 Å². The van der Waals surface area contributed by atoms with E-state index in [0.29, 0.717) is 4.48 Å². The highest BCUT2D eigenvalue weighted by Gasteiger charge is 2.41. The second kappa shape index (κ2) is 4.78. The minimum absolute atomic E-state index is 0.196. The van der Waals surface area contributed by atoms with Crippen LogP contribution < -0.4 is 5.32 Å². The van der Waals surface area contributed by atoms with E-state index in [2.05, 4.69) is 27.8 Å². The van der Waals surface area contributed by atoms with Gasteiger partial charge in [0.2, 0.25) is 11.8 Å². The fourth-order valence-electron chi connectivity index (χ4n) is 1.52. The first-order valence-corrected chi connectivity index (χ1v) is 5.65. The van der Waals surface area contributed by atoms with Crippen molar-refractivity contribution >= 4 is 33.8 Å². The quantitative estimate of drug-likeness (QED) is 0.798. The number of allylic oxidation sites excluding steroid dienone is 1. The third-order valence-electron chi connectivity index (χ3n) is 2.24. The van der Waals surface area contributed by atoms with E-state index in [9.17, 15) is 14.4 Å². The SMILES string of the molecule is C=C(Br)CC1C(=O)NC(=O)N(C(C)C)C1=O. The Balaban J connectivity index is 2.94. The molecule has 6 heteroatoms. The molecule has 5 nitrogen and oxygen atoms in total. The lowest BCUT2D eigenvalue weighted by atomic mass is 10.00. The summed E-state index contributed by atoms with van der Waals surface area (Å²) in [5.74, 6) is -1.90. The molecule has 0 aromatic heterocycles. The lowest BCUT2D eigenvalue weighted by molar-refractivity contribution is -0.143. The van der Waals surface area contributed by atoms with Gasteiger partial charge >= 0.3 is 6.03 Å². The average Bonchev–Trinajstić information content (AvgIpc) is 2.10. The minimum atomic E-state index is -0.869. The fourth-order valence-corrected chi connectivity index (χ4v) is 1.85. The van der Waals surface area contributed by atoms with Crippen LogP contribution in [0.5, 0.6) is 0 Å². The summed E-state index contributed by atoms with van der Waals surface area (Å²) in [6.07, 6.45) is 0.196. The van der Waals surface area contributed by atoms with Crippen molar-refractivity contribution in [3.8, 4) is 0 Å². The maximum Gasteiger partial charge on any atom is 0.331 e. The number of hydrogen-bond acceptors (Lipinski definition) is 3. The van der Waals surface area contributed by atoms with Crippen molar-refractivity contribution < 1.29 is 14.4 Å². The summed E-state index contributed by atoms with van der Waals surface area (Å²) < 4.78 is 0.555. The van der Waals surface area contributed by atoms with Gasteiger partial charge in [0.25, 0.3) is 0 Å². The van der Waals surface area contributed by atoms with Crippen molar-refractivity contribution in [3.63, 3.8) is 0 Å². The zero-order valence-electron chi connectivity index (χ0n) is 9.12. The molecule has 0 aromatic rings. The molecule has 1 unspecified atom stereocenters. The van der Waals surface area contributed by atoms with E-state index in [4.69, 9.17) is 0 Å². The Morgan fingerprint density at radius 1 is 1.50 bits per heavy atom. The monoisotopic (exact) mass is 288 g/mol. The van der Waals surface area contributed by atoms with Gasteiger partial charge in [0, 0.05) is 6.04 Å². The van der Waals surface area contributed by atoms with Crippen LogP contribution in [0.3, 0.4) is 0 Å². The van der Waals surface area contributed by atoms with Crippen LogP contribution in [0, 0.1) is 5.92 Å². The van der Waals surface area contributed by atoms with Crippen LogP contribution in [0.25, 0.3) is 0 Å². The van der Waals surface area contributed by atoms with Crippen LogP contribution in [0.2, 0.25) is 0 Å². The Morgan fingerprint density at radius 2 is 2.06 bits per heavy atom. The van der Waals surface area contributed by atoms with Gasteiger partial charge in [0.15, 0.2) is 0 Å². The molecule has 0 radical (unpaired) electrons. The van der Waals surface area contributed by atoms with E-state index >= 15 is 0 Å². The number of hydrogen-bond donors (Lipinski definition) is 1. The van der Waals surface area contributed by atoms with Crippen LogP contribution in [-0.2, 0) is 9.59 Å². The number of carbonyl (C=O) groups excluding carboxylic acids is 3. The number of nitrogens with zero attached hydrogens (tertiary/aromatic N) is 1. The third kappa shape index (κ3) is 2.49. The highest BCUT2D eigenvalue weighted by molar-refractivity contribution is 9.11. The summed E-state index contributed by atoms with van der Waals surface area (Å²) in [5, 5.41) is 2.16. The smallest absolute Gasteiger partial charge is 0.277 e. The van der Waals surface area contributed by atoms with Gasteiger partial charge in [0.05, 0.1) is 0 Å². The Labute approximate surface area is 102 Å². The van der Waals surface area contributed by atoms with Gasteiger partial charge in [-0.15, -0.1) is 0 Å². The standard InChI is InChI=1S/C10H13BrN2O3/c1-5(2)13-9(15)7(4-6(3)11)8(14)12-10(13)16/h5,7H,3-4H2,1-2H3,(H,12,14,16). The number of amides is 4. The van der Waals surface area contributed by atoms with Crippen LogP contribution >= 0.6 is 15.9 Å². The Kier molecular flexibility index (Phi) is 3.85. The van der Waals surface area contributed by atoms with Crippen molar-refractivity contribution in [2.75, 3.05) is 0 Å². The zero-order valence-corrected chi connectivity index (χ0v) is 10.7. The molecule has 4 amide bonds. The van der Waals surface area contributed by atoms with Gasteiger partial charge < -0.3 is 0 Å². The Bertz CT molecular complexity index is 365. The number of urea groups is 1. The molecular weight excluding hydrogens is 276 g/mol. The molecule has 1 fully saturated rings. The molecule has 1 atom stereocenters. The summed E-state index contributed by atoms with van der Waals surface area (Å²) in [6.45, 7) is 7.02. The number of carbonyl (C=O) groups is 3. The molecule has 1 aliphatic rings. The first kappa shape index (κ1) is 12.9. The van der Waals surface area contributed by atoms with E-state index in [-0.39, 0.29) is 12.5 Å². The highest BCUT2D eigenvalue weighted by Crippen LogP contribution is 2.22. The van der Waals surface area contributed by atoms with E-state index in [0.717, 1.165) is 4.90 Å². The van der Waals surface area contributed by atoms with Crippen molar-refractivity contribution in [2.45, 2.75) is 26.3 Å². The van der Waals surface area contributed by atoms with Crippen molar-refractivity contribution in [1.82, 2.24) is 10.2 Å². The molecule has 1 heterocycles. The second-order valence-electron chi connectivity index (χ2n) is 3.87. The summed E-state index contributed by atoms with van der Waals surface area (Å²) in [7, 11) is 0. The van der Waals surface area contributed by atoms with Crippen LogP contribution in [0.15, 0.2) is 11.1 Å². The topological polar surface area (TPSA) is 66.5 Å². The average molecular weight is 289 g/mol. The Morgan fingerprint density at radius 3 is 2.50 bits per heavy atom. The largest absolute Gasteiger partial charge is 0.331 e. The van der Waals surface area contributed by atoms with Gasteiger partial charge in [-0.2, -0.15) is 0 Å². The van der Waals surface area contributed by atoms with Crippen molar-refractivity contribution in [1.29, 1.82) is 0 Å². The molecular formula is C10H13BrN2O3. The fraction of sp³-hybridized carbons (Fsp3) is 0.500. The predicted molar refractivity (Wildman–Crippen MR) is 61.7 cm³/mol. The van der Waals surface area contributed by atoms with Gasteiger partial charge in [-0.1, -0.05) is 22.5 Å². The van der Waals surface area contributed by atoms with Crippen molar-refractivity contribution in [2.24, 2.45) is 5.92 Å². The van der Waals surface area contributed by atoms with E-state index in [1.165, 1.54) is 0 Å². The summed E-state index contributed by atoms with van der Waals surface area (Å²) >= 11 is 3.11. The number of halogens is 1. The number of barbiturate groups is 1. The molecule has 0 aliphatic carbocycles. The molecule has 0 bridgehead atoms. The lowest BCUT2D eigenvalue weighted by Crippen LogP contribution is -2.59. The Hall–Kier alpha value is -1.17. The first-order chi connectivity index (χ1) is 7.34. The second-order valence-corrected chi connectivity index (χ2v) is 4.99. The molecule has 1 rings (SSSR count). The summed E-state index contributed by atoms with van der Waals surface area (Å²) in [4.78, 5) is 35.9. The molecule has 1 saturated heterocycles. The maximum atomic E-state index is 11.9. The van der Waals surface area contributed by atoms with Crippen molar-refractivity contribution in [3.05, 3.63) is 11.1 Å². The van der Waals surface area contributed by atoms with Crippen LogP contribution in [0.1, 0.15) is 20.3 Å². The first-order valence-electron chi connectivity index (χ1n) is 4.85. The lowest BCUT2D eigenvalue weighted by Gasteiger charge is -2.32. The van der Waals surface area contributed by atoms with Crippen LogP contribution in [-0.4, -0.2) is 28.8 Å². The number of imide groups is 2. The highest BCUT2D eigenvalue weighted by atomic mass is 79.9. The maximum absolute atomic E-state index is 11.9. The van der Waals surface area contributed by atoms with E-state index in [1.807, 2.05) is 0 Å². The van der Waals surface area contributed by atoms with E-state index in [1.54, 1.807) is 13.8 Å².